The second-order valence-electron chi connectivity index (χ2n) is 4.36. The van der Waals surface area contributed by atoms with E-state index in [0.717, 1.165) is 13.2 Å². The van der Waals surface area contributed by atoms with Gasteiger partial charge in [0.2, 0.25) is 0 Å². The van der Waals surface area contributed by atoms with E-state index in [1.165, 1.54) is 32.8 Å². The quantitative estimate of drug-likeness (QED) is 0.418. The second-order valence-corrected chi connectivity index (χ2v) is 4.36. The van der Waals surface area contributed by atoms with Crippen molar-refractivity contribution in [3.05, 3.63) is 11.6 Å². The molecule has 1 rings (SSSR count). The molecule has 0 heterocycles. The summed E-state index contributed by atoms with van der Waals surface area (Å²) in [6.45, 7) is 3.99. The highest BCUT2D eigenvalue weighted by molar-refractivity contribution is 5.87. The Morgan fingerprint density at radius 1 is 1.41 bits per heavy atom. The molecule has 0 radical (unpaired) electrons. The molecule has 0 saturated heterocycles. The molecule has 0 unspecified atom stereocenters. The Morgan fingerprint density at radius 3 is 2.76 bits per heavy atom. The van der Waals surface area contributed by atoms with Crippen LogP contribution in [0.3, 0.4) is 0 Å². The van der Waals surface area contributed by atoms with E-state index >= 15 is 0 Å². The molecule has 1 aliphatic carbocycles. The fraction of sp³-hybridized carbons (Fsp3) is 0.769. The lowest BCUT2D eigenvalue weighted by atomic mass is 10.3. The summed E-state index contributed by atoms with van der Waals surface area (Å²) in [5, 5.41) is 3.21. The number of esters is 1. The van der Waals surface area contributed by atoms with E-state index < -0.39 is 0 Å². The first kappa shape index (κ1) is 14.2. The van der Waals surface area contributed by atoms with Crippen LogP contribution in [0.1, 0.15) is 32.6 Å². The maximum Gasteiger partial charge on any atom is 0.333 e. The van der Waals surface area contributed by atoms with E-state index in [1.54, 1.807) is 6.92 Å². The molecular weight excluding hydrogens is 218 g/mol. The van der Waals surface area contributed by atoms with Crippen molar-refractivity contribution in [1.82, 2.24) is 5.32 Å². The Balaban J connectivity index is 1.98. The molecule has 1 aliphatic rings. The van der Waals surface area contributed by atoms with Crippen molar-refractivity contribution in [1.29, 1.82) is 0 Å². The topological polar surface area (TPSA) is 47.6 Å². The number of rotatable bonds is 7. The fourth-order valence-electron chi connectivity index (χ4n) is 1.92. The van der Waals surface area contributed by atoms with Gasteiger partial charge < -0.3 is 14.8 Å². The standard InChI is InChI=1S/C13H23NO3/c1-11(13(15)16-2)7-8-14-9-10-17-12-5-3-4-6-12/h7,12,14H,3-6,8-10H2,1-2H3. The van der Waals surface area contributed by atoms with Gasteiger partial charge in [0, 0.05) is 18.7 Å². The van der Waals surface area contributed by atoms with Crippen LogP contribution in [0, 0.1) is 0 Å². The smallest absolute Gasteiger partial charge is 0.333 e. The van der Waals surface area contributed by atoms with E-state index in [4.69, 9.17) is 4.74 Å². The highest BCUT2D eigenvalue weighted by Gasteiger charge is 2.14. The van der Waals surface area contributed by atoms with Crippen molar-refractivity contribution in [2.24, 2.45) is 0 Å². The molecule has 0 aromatic carbocycles. The largest absolute Gasteiger partial charge is 0.466 e. The second kappa shape index (κ2) is 8.25. The molecule has 0 aromatic rings. The van der Waals surface area contributed by atoms with Crippen LogP contribution in [-0.2, 0) is 14.3 Å². The highest BCUT2D eigenvalue weighted by Crippen LogP contribution is 2.20. The summed E-state index contributed by atoms with van der Waals surface area (Å²) in [6, 6.07) is 0. The lowest BCUT2D eigenvalue weighted by Gasteiger charge is -2.10. The van der Waals surface area contributed by atoms with Gasteiger partial charge in [0.25, 0.3) is 0 Å². The number of carbonyl (C=O) groups excluding carboxylic acids is 1. The molecule has 4 nitrogen and oxygen atoms in total. The average molecular weight is 241 g/mol. The third-order valence-electron chi connectivity index (χ3n) is 2.99. The molecule has 0 aromatic heterocycles. The Labute approximate surface area is 103 Å². The molecule has 0 aliphatic heterocycles. The first-order chi connectivity index (χ1) is 8.24. The van der Waals surface area contributed by atoms with E-state index in [1.807, 2.05) is 6.08 Å². The van der Waals surface area contributed by atoms with Gasteiger partial charge in [0.1, 0.15) is 0 Å². The highest BCUT2D eigenvalue weighted by atomic mass is 16.5. The molecule has 0 bridgehead atoms. The van der Waals surface area contributed by atoms with Crippen molar-refractivity contribution in [3.8, 4) is 0 Å². The van der Waals surface area contributed by atoms with Crippen molar-refractivity contribution in [2.45, 2.75) is 38.7 Å². The molecule has 1 N–H and O–H groups in total. The number of hydrogen-bond acceptors (Lipinski definition) is 4. The summed E-state index contributed by atoms with van der Waals surface area (Å²) in [6.07, 6.45) is 7.34. The Bertz CT molecular complexity index is 257. The number of nitrogens with one attached hydrogen (secondary N) is 1. The van der Waals surface area contributed by atoms with Gasteiger partial charge in [0.15, 0.2) is 0 Å². The molecule has 0 atom stereocenters. The van der Waals surface area contributed by atoms with Gasteiger partial charge >= 0.3 is 5.97 Å². The summed E-state index contributed by atoms with van der Waals surface area (Å²) < 4.78 is 10.3. The Kier molecular flexibility index (Phi) is 6.89. The molecule has 4 heteroatoms. The van der Waals surface area contributed by atoms with Crippen LogP contribution < -0.4 is 5.32 Å². The number of methoxy groups -OCH3 is 1. The molecule has 0 amide bonds. The normalized spacial score (nSPS) is 17.4. The van der Waals surface area contributed by atoms with Crippen molar-refractivity contribution >= 4 is 5.97 Å². The average Bonchev–Trinajstić information content (AvgIpc) is 2.85. The Hall–Kier alpha value is -0.870. The van der Waals surface area contributed by atoms with Crippen LogP contribution in [0.5, 0.6) is 0 Å². The predicted octanol–water partition coefficient (Wildman–Crippen LogP) is 1.65. The minimum atomic E-state index is -0.269. The van der Waals surface area contributed by atoms with E-state index in [-0.39, 0.29) is 5.97 Å². The summed E-state index contributed by atoms with van der Waals surface area (Å²) in [5.41, 5.74) is 0.636. The summed E-state index contributed by atoms with van der Waals surface area (Å²) in [4.78, 5) is 11.1. The fourth-order valence-corrected chi connectivity index (χ4v) is 1.92. The molecule has 98 valence electrons. The van der Waals surface area contributed by atoms with Crippen LogP contribution in [0.2, 0.25) is 0 Å². The van der Waals surface area contributed by atoms with Gasteiger partial charge in [0.05, 0.1) is 19.8 Å². The van der Waals surface area contributed by atoms with Gasteiger partial charge in [-0.15, -0.1) is 0 Å². The van der Waals surface area contributed by atoms with Crippen molar-refractivity contribution in [2.75, 3.05) is 26.8 Å². The summed E-state index contributed by atoms with van der Waals surface area (Å²) in [5.74, 6) is -0.269. The predicted molar refractivity (Wildman–Crippen MR) is 66.9 cm³/mol. The maximum absolute atomic E-state index is 11.1. The van der Waals surface area contributed by atoms with Crippen LogP contribution in [0.25, 0.3) is 0 Å². The Morgan fingerprint density at radius 2 is 2.12 bits per heavy atom. The minimum Gasteiger partial charge on any atom is -0.466 e. The number of ether oxygens (including phenoxy) is 2. The van der Waals surface area contributed by atoms with Gasteiger partial charge in [-0.3, -0.25) is 0 Å². The zero-order valence-electron chi connectivity index (χ0n) is 10.8. The molecule has 1 fully saturated rings. The van der Waals surface area contributed by atoms with Gasteiger partial charge in [-0.05, 0) is 19.8 Å². The SMILES string of the molecule is COC(=O)C(C)=CCNCCOC1CCCC1. The van der Waals surface area contributed by atoms with E-state index in [2.05, 4.69) is 10.1 Å². The minimum absolute atomic E-state index is 0.269. The van der Waals surface area contributed by atoms with Gasteiger partial charge in [-0.25, -0.2) is 4.79 Å². The van der Waals surface area contributed by atoms with Crippen LogP contribution in [0.15, 0.2) is 11.6 Å². The van der Waals surface area contributed by atoms with Crippen LogP contribution in [-0.4, -0.2) is 38.9 Å². The lowest BCUT2D eigenvalue weighted by molar-refractivity contribution is -0.136. The van der Waals surface area contributed by atoms with Crippen LogP contribution in [0.4, 0.5) is 0 Å². The van der Waals surface area contributed by atoms with E-state index in [0.29, 0.717) is 18.2 Å². The maximum atomic E-state index is 11.1. The zero-order chi connectivity index (χ0) is 12.5. The lowest BCUT2D eigenvalue weighted by Crippen LogP contribution is -2.22. The third-order valence-corrected chi connectivity index (χ3v) is 2.99. The third kappa shape index (κ3) is 5.84. The number of carbonyl (C=O) groups is 1. The van der Waals surface area contributed by atoms with Gasteiger partial charge in [-0.2, -0.15) is 0 Å². The van der Waals surface area contributed by atoms with Gasteiger partial charge in [-0.1, -0.05) is 18.9 Å². The number of hydrogen-bond donors (Lipinski definition) is 1. The van der Waals surface area contributed by atoms with E-state index in [9.17, 15) is 4.79 Å². The zero-order valence-corrected chi connectivity index (χ0v) is 10.8. The van der Waals surface area contributed by atoms with Crippen LogP contribution >= 0.6 is 0 Å². The molecule has 17 heavy (non-hydrogen) atoms. The summed E-state index contributed by atoms with van der Waals surface area (Å²) >= 11 is 0. The summed E-state index contributed by atoms with van der Waals surface area (Å²) in [7, 11) is 1.39. The molecular formula is C13H23NO3. The van der Waals surface area contributed by atoms with Crippen molar-refractivity contribution in [3.63, 3.8) is 0 Å². The first-order valence-electron chi connectivity index (χ1n) is 6.31. The monoisotopic (exact) mass is 241 g/mol. The first-order valence-corrected chi connectivity index (χ1v) is 6.31. The van der Waals surface area contributed by atoms with Crippen molar-refractivity contribution < 1.29 is 14.3 Å². The molecule has 0 spiro atoms. The molecule has 1 saturated carbocycles.